The summed E-state index contributed by atoms with van der Waals surface area (Å²) in [5.74, 6) is 2.01. The van der Waals surface area contributed by atoms with Crippen LogP contribution in [-0.2, 0) is 35.2 Å². The van der Waals surface area contributed by atoms with Crippen LogP contribution in [0, 0.1) is 5.41 Å². The van der Waals surface area contributed by atoms with E-state index in [9.17, 15) is 19.6 Å². The lowest BCUT2D eigenvalue weighted by atomic mass is 9.77. The van der Waals surface area contributed by atoms with E-state index in [1.54, 1.807) is 14.2 Å². The molecule has 17 heteroatoms. The second-order valence-electron chi connectivity index (χ2n) is 16.3. The number of nitrogens with one attached hydrogen (secondary N) is 2. The van der Waals surface area contributed by atoms with E-state index in [0.717, 1.165) is 34.0 Å². The van der Waals surface area contributed by atoms with E-state index >= 15 is 0 Å². The average Bonchev–Trinajstić information content (AvgIpc) is 3.85. The van der Waals surface area contributed by atoms with Crippen LogP contribution in [0.5, 0.6) is 11.5 Å². The number of benzene rings is 4. The quantitative estimate of drug-likeness (QED) is 0.0329. The number of aromatic nitrogens is 4. The zero-order valence-electron chi connectivity index (χ0n) is 36.7. The summed E-state index contributed by atoms with van der Waals surface area (Å²) >= 11 is 1.11. The molecule has 5 atom stereocenters. The van der Waals surface area contributed by atoms with E-state index in [4.69, 9.17) is 33.2 Å². The van der Waals surface area contributed by atoms with E-state index in [0.29, 0.717) is 34.9 Å². The standard InChI is InChI=1S/C47H55N6O9PS/c1-7-45(2,3)44(55)64-27-26-60-63(57,51-28-32-14-10-8-11-15-32)61-29-38-40(54)46(4,56)43(62-38)53-31-50-39-41(48-30-49-42(39)53)52-47(33-16-12-9-13-17-33,34-18-22-36(58-5)23-19-34)35-20-24-37(59-6)25-21-35/h8-25,30-31,38,40,43,54,56H,7,26-29H2,1-6H3,(H,51,57)(H,48,49,52)/t38-,40?,43?,46+,63?/m1/s1. The van der Waals surface area contributed by atoms with Gasteiger partial charge in [0.1, 0.15) is 41.2 Å². The van der Waals surface area contributed by atoms with Gasteiger partial charge in [0.15, 0.2) is 28.3 Å². The maximum atomic E-state index is 14.2. The molecule has 1 aliphatic rings. The van der Waals surface area contributed by atoms with Gasteiger partial charge in [0.25, 0.3) is 0 Å². The molecule has 1 saturated heterocycles. The number of carbonyl (C=O) groups excluding carboxylic acids is 1. The van der Waals surface area contributed by atoms with Gasteiger partial charge in [-0.3, -0.25) is 18.4 Å². The van der Waals surface area contributed by atoms with Crippen molar-refractivity contribution in [3.8, 4) is 11.5 Å². The van der Waals surface area contributed by atoms with Gasteiger partial charge in [-0.25, -0.2) is 24.6 Å². The molecule has 0 spiro atoms. The summed E-state index contributed by atoms with van der Waals surface area (Å²) in [7, 11) is -0.816. The van der Waals surface area contributed by atoms with E-state index in [-0.39, 0.29) is 24.0 Å². The molecule has 1 fully saturated rings. The Morgan fingerprint density at radius 2 is 1.47 bits per heavy atom. The number of anilines is 1. The third-order valence-corrected chi connectivity index (χ3v) is 14.4. The highest BCUT2D eigenvalue weighted by Crippen LogP contribution is 2.48. The second-order valence-corrected chi connectivity index (χ2v) is 19.2. The molecule has 4 aromatic carbocycles. The zero-order valence-corrected chi connectivity index (χ0v) is 38.4. The highest BCUT2D eigenvalue weighted by Gasteiger charge is 2.54. The van der Waals surface area contributed by atoms with Gasteiger partial charge in [0.05, 0.1) is 33.8 Å². The lowest BCUT2D eigenvalue weighted by molar-refractivity contribution is -0.118. The smallest absolute Gasteiger partial charge is 0.405 e. The van der Waals surface area contributed by atoms with Gasteiger partial charge < -0.3 is 29.7 Å². The Balaban J connectivity index is 1.17. The summed E-state index contributed by atoms with van der Waals surface area (Å²) in [5.41, 5.74) is 0.700. The Bertz CT molecular complexity index is 2480. The van der Waals surface area contributed by atoms with Gasteiger partial charge in [0, 0.05) is 17.7 Å². The summed E-state index contributed by atoms with van der Waals surface area (Å²) in [5, 5.41) is 30.1. The van der Waals surface area contributed by atoms with Crippen LogP contribution in [-0.4, -0.2) is 85.8 Å². The number of nitrogens with zero attached hydrogens (tertiary/aromatic N) is 4. The lowest BCUT2D eigenvalue weighted by Gasteiger charge is -2.37. The van der Waals surface area contributed by atoms with Crippen molar-refractivity contribution in [3.63, 3.8) is 0 Å². The van der Waals surface area contributed by atoms with E-state index in [2.05, 4.69) is 15.4 Å². The fraction of sp³-hybridized carbons (Fsp3) is 0.362. The number of carbonyl (C=O) groups is 1. The predicted octanol–water partition coefficient (Wildman–Crippen LogP) is 7.88. The average molecular weight is 911 g/mol. The Labute approximate surface area is 377 Å². The van der Waals surface area contributed by atoms with Gasteiger partial charge in [0.2, 0.25) is 0 Å². The molecule has 3 unspecified atom stereocenters. The Morgan fingerprint density at radius 1 is 0.875 bits per heavy atom. The number of rotatable bonds is 20. The molecule has 0 aliphatic carbocycles. The second kappa shape index (κ2) is 19.9. The Morgan fingerprint density at radius 3 is 2.06 bits per heavy atom. The maximum Gasteiger partial charge on any atom is 0.405 e. The van der Waals surface area contributed by atoms with Crippen molar-refractivity contribution in [2.45, 2.75) is 70.2 Å². The number of fused-ring (bicyclic) bond motifs is 1. The van der Waals surface area contributed by atoms with Crippen molar-refractivity contribution in [1.82, 2.24) is 24.6 Å². The number of aliphatic hydroxyl groups excluding tert-OH is 1. The molecule has 0 saturated carbocycles. The van der Waals surface area contributed by atoms with Crippen molar-refractivity contribution in [1.29, 1.82) is 0 Å². The number of hydrogen-bond donors (Lipinski definition) is 4. The van der Waals surface area contributed by atoms with Crippen molar-refractivity contribution in [2.75, 3.05) is 38.5 Å². The Kier molecular flexibility index (Phi) is 14.6. The van der Waals surface area contributed by atoms with Crippen LogP contribution in [0.15, 0.2) is 122 Å². The predicted molar refractivity (Wildman–Crippen MR) is 246 cm³/mol. The van der Waals surface area contributed by atoms with Crippen LogP contribution in [0.25, 0.3) is 11.2 Å². The highest BCUT2D eigenvalue weighted by molar-refractivity contribution is 8.13. The zero-order chi connectivity index (χ0) is 45.5. The first-order valence-corrected chi connectivity index (χ1v) is 23.5. The van der Waals surface area contributed by atoms with Gasteiger partial charge in [-0.2, -0.15) is 0 Å². The molecule has 64 heavy (non-hydrogen) atoms. The van der Waals surface area contributed by atoms with Crippen LogP contribution < -0.4 is 19.9 Å². The van der Waals surface area contributed by atoms with Crippen LogP contribution in [0.3, 0.4) is 0 Å². The van der Waals surface area contributed by atoms with Gasteiger partial charge in [-0.15, -0.1) is 0 Å². The summed E-state index contributed by atoms with van der Waals surface area (Å²) in [6.07, 6.45) is -0.339. The first kappa shape index (κ1) is 46.8. The summed E-state index contributed by atoms with van der Waals surface area (Å²) < 4.78 is 44.9. The van der Waals surface area contributed by atoms with Crippen molar-refractivity contribution >= 4 is 41.6 Å². The normalized spacial score (nSPS) is 19.9. The molecule has 338 valence electrons. The molecule has 7 rings (SSSR count). The molecule has 3 heterocycles. The summed E-state index contributed by atoms with van der Waals surface area (Å²) in [6.45, 7) is 6.85. The lowest BCUT2D eigenvalue weighted by Crippen LogP contribution is -2.44. The van der Waals surface area contributed by atoms with Crippen molar-refractivity contribution in [3.05, 3.63) is 144 Å². The first-order valence-electron chi connectivity index (χ1n) is 21.0. The largest absolute Gasteiger partial charge is 0.497 e. The summed E-state index contributed by atoms with van der Waals surface area (Å²) in [6, 6.07) is 34.8. The number of methoxy groups -OCH3 is 2. The molecular formula is C47H55N6O9PS. The third kappa shape index (κ3) is 9.89. The van der Waals surface area contributed by atoms with Crippen LogP contribution >= 0.6 is 19.5 Å². The minimum absolute atomic E-state index is 0.00698. The van der Waals surface area contributed by atoms with Crippen LogP contribution in [0.4, 0.5) is 5.82 Å². The van der Waals surface area contributed by atoms with Gasteiger partial charge in [-0.05, 0) is 59.9 Å². The number of ether oxygens (including phenoxy) is 3. The number of imidazole rings is 1. The summed E-state index contributed by atoms with van der Waals surface area (Å²) in [4.78, 5) is 26.8. The molecular weight excluding hydrogens is 856 g/mol. The molecule has 15 nitrogen and oxygen atoms in total. The third-order valence-electron chi connectivity index (χ3n) is 11.7. The molecule has 2 aromatic heterocycles. The van der Waals surface area contributed by atoms with Gasteiger partial charge in [-0.1, -0.05) is 117 Å². The number of aliphatic hydroxyl groups is 2. The molecule has 6 aromatic rings. The molecule has 0 radical (unpaired) electrons. The molecule has 0 bridgehead atoms. The highest BCUT2D eigenvalue weighted by atomic mass is 32.2. The van der Waals surface area contributed by atoms with Gasteiger partial charge >= 0.3 is 7.75 Å². The fourth-order valence-electron chi connectivity index (χ4n) is 7.47. The SMILES string of the molecule is CCC(C)(C)C(=O)SCCOP(=O)(NCc1ccccc1)OC[C@H]1OC(n2cnc3c(NC(c4ccccc4)(c4ccc(OC)cc4)c4ccc(OC)cc4)ncnc32)[C@@](C)(O)C1O. The van der Waals surface area contributed by atoms with Crippen LogP contribution in [0.1, 0.15) is 62.6 Å². The van der Waals surface area contributed by atoms with E-state index < -0.39 is 49.3 Å². The molecule has 0 amide bonds. The van der Waals surface area contributed by atoms with Crippen molar-refractivity contribution < 1.29 is 42.8 Å². The Hall–Kier alpha value is -5.16. The monoisotopic (exact) mass is 910 g/mol. The minimum atomic E-state index is -4.05. The number of hydrogen-bond acceptors (Lipinski definition) is 14. The van der Waals surface area contributed by atoms with E-state index in [1.807, 2.05) is 130 Å². The first-order chi connectivity index (χ1) is 30.7. The van der Waals surface area contributed by atoms with E-state index in [1.165, 1.54) is 24.1 Å². The molecule has 4 N–H and O–H groups in total. The topological polar surface area (TPSA) is 188 Å². The number of thioether (sulfide) groups is 1. The minimum Gasteiger partial charge on any atom is -0.497 e. The van der Waals surface area contributed by atoms with Crippen LogP contribution in [0.2, 0.25) is 0 Å². The maximum absolute atomic E-state index is 14.2. The fourth-order valence-corrected chi connectivity index (χ4v) is 9.79. The van der Waals surface area contributed by atoms with Crippen molar-refractivity contribution in [2.24, 2.45) is 5.41 Å². The molecule has 1 aliphatic heterocycles.